The Bertz CT molecular complexity index is 720. The fourth-order valence-corrected chi connectivity index (χ4v) is 6.63. The number of rotatable bonds is 5. The van der Waals surface area contributed by atoms with Crippen molar-refractivity contribution in [2.24, 2.45) is 17.3 Å². The molecule has 3 aliphatic carbocycles. The van der Waals surface area contributed by atoms with E-state index < -0.39 is 0 Å². The Morgan fingerprint density at radius 2 is 1.78 bits per heavy atom. The number of nitrogen functional groups attached to an aromatic ring is 1. The van der Waals surface area contributed by atoms with Crippen molar-refractivity contribution in [3.05, 3.63) is 41.0 Å². The lowest BCUT2D eigenvalue weighted by Gasteiger charge is -2.49. The quantitative estimate of drug-likeness (QED) is 0.284. The van der Waals surface area contributed by atoms with E-state index in [1.54, 1.807) is 11.1 Å². The van der Waals surface area contributed by atoms with Gasteiger partial charge in [-0.05, 0) is 125 Å². The van der Waals surface area contributed by atoms with Crippen molar-refractivity contribution in [2.75, 3.05) is 26.4 Å². The predicted molar refractivity (Wildman–Crippen MR) is 143 cm³/mol. The van der Waals surface area contributed by atoms with Crippen molar-refractivity contribution in [3.63, 3.8) is 0 Å². The van der Waals surface area contributed by atoms with Crippen molar-refractivity contribution in [1.29, 1.82) is 0 Å². The first-order valence-electron chi connectivity index (χ1n) is 13.6. The van der Waals surface area contributed by atoms with Crippen LogP contribution in [0.2, 0.25) is 0 Å². The molecule has 2 fully saturated rings. The van der Waals surface area contributed by atoms with E-state index in [9.17, 15) is 0 Å². The van der Waals surface area contributed by atoms with Crippen molar-refractivity contribution in [3.8, 4) is 0 Å². The summed E-state index contributed by atoms with van der Waals surface area (Å²) < 4.78 is 0. The Balaban J connectivity index is 0.000000671. The standard InChI is InChI=1S/C25H38N2.C3H8.C2H6/c1-25-15-14-22-21-12-10-20(26)17-18(21)8-11-23(22)24(25)13-9-19(25)7-5-4-6-16-27(2)3;1-3-2;1-2/h7,10,12,17,22-24H,4-6,8-9,11,13-16,26H2,1-3H3;3H2,1-2H3;1-2H3/b19-7+;;. The van der Waals surface area contributed by atoms with Crippen LogP contribution < -0.4 is 5.73 Å². The highest BCUT2D eigenvalue weighted by Crippen LogP contribution is 2.62. The zero-order valence-electron chi connectivity index (χ0n) is 22.3. The largest absolute Gasteiger partial charge is 0.399 e. The maximum Gasteiger partial charge on any atom is 0.0316 e. The molecule has 2 saturated carbocycles. The summed E-state index contributed by atoms with van der Waals surface area (Å²) >= 11 is 0. The Kier molecular flexibility index (Phi) is 10.8. The van der Waals surface area contributed by atoms with Gasteiger partial charge in [0.05, 0.1) is 0 Å². The molecule has 0 aromatic heterocycles. The average molecular weight is 441 g/mol. The lowest BCUT2D eigenvalue weighted by Crippen LogP contribution is -2.40. The van der Waals surface area contributed by atoms with Crippen molar-refractivity contribution < 1.29 is 0 Å². The van der Waals surface area contributed by atoms with Crippen LogP contribution in [-0.4, -0.2) is 25.5 Å². The first-order valence-corrected chi connectivity index (χ1v) is 13.6. The number of allylic oxidation sites excluding steroid dienone is 2. The lowest BCUT2D eigenvalue weighted by atomic mass is 9.55. The van der Waals surface area contributed by atoms with Crippen molar-refractivity contribution in [2.45, 2.75) is 105 Å². The number of unbranched alkanes of at least 4 members (excludes halogenated alkanes) is 2. The molecule has 182 valence electrons. The highest BCUT2D eigenvalue weighted by molar-refractivity contribution is 5.47. The second-order valence-corrected chi connectivity index (χ2v) is 10.6. The van der Waals surface area contributed by atoms with Gasteiger partial charge in [-0.3, -0.25) is 0 Å². The molecule has 1 aromatic carbocycles. The van der Waals surface area contributed by atoms with Crippen LogP contribution in [-0.2, 0) is 6.42 Å². The van der Waals surface area contributed by atoms with E-state index in [1.807, 2.05) is 13.8 Å². The molecule has 0 saturated heterocycles. The third-order valence-electron chi connectivity index (χ3n) is 8.05. The van der Waals surface area contributed by atoms with E-state index in [-0.39, 0.29) is 0 Å². The molecule has 2 heteroatoms. The van der Waals surface area contributed by atoms with Gasteiger partial charge < -0.3 is 10.6 Å². The normalized spacial score (nSPS) is 29.2. The van der Waals surface area contributed by atoms with E-state index in [0.29, 0.717) is 5.41 Å². The number of fused-ring (bicyclic) bond motifs is 5. The van der Waals surface area contributed by atoms with Gasteiger partial charge in [0.25, 0.3) is 0 Å². The van der Waals surface area contributed by atoms with Gasteiger partial charge in [0.2, 0.25) is 0 Å². The number of hydrogen-bond acceptors (Lipinski definition) is 2. The molecule has 4 atom stereocenters. The Morgan fingerprint density at radius 1 is 1.06 bits per heavy atom. The van der Waals surface area contributed by atoms with E-state index in [0.717, 1.165) is 23.4 Å². The summed E-state index contributed by atoms with van der Waals surface area (Å²) in [7, 11) is 4.35. The maximum atomic E-state index is 6.05. The van der Waals surface area contributed by atoms with Gasteiger partial charge in [0.15, 0.2) is 0 Å². The molecule has 0 heterocycles. The Morgan fingerprint density at radius 3 is 2.47 bits per heavy atom. The third kappa shape index (κ3) is 6.19. The van der Waals surface area contributed by atoms with Gasteiger partial charge in [-0.15, -0.1) is 0 Å². The van der Waals surface area contributed by atoms with Crippen LogP contribution in [0.3, 0.4) is 0 Å². The Hall–Kier alpha value is -1.28. The monoisotopic (exact) mass is 440 g/mol. The van der Waals surface area contributed by atoms with Crippen LogP contribution >= 0.6 is 0 Å². The maximum absolute atomic E-state index is 6.05. The van der Waals surface area contributed by atoms with Crippen LogP contribution in [0.15, 0.2) is 29.8 Å². The van der Waals surface area contributed by atoms with Crippen molar-refractivity contribution >= 4 is 5.69 Å². The predicted octanol–water partition coefficient (Wildman–Crippen LogP) is 8.23. The van der Waals surface area contributed by atoms with Gasteiger partial charge in [0.1, 0.15) is 0 Å². The summed E-state index contributed by atoms with van der Waals surface area (Å²) in [6, 6.07) is 6.72. The number of nitrogens with zero attached hydrogens (tertiary/aromatic N) is 1. The first-order chi connectivity index (χ1) is 15.4. The minimum atomic E-state index is 0.480. The minimum absolute atomic E-state index is 0.480. The average Bonchev–Trinajstić information content (AvgIpc) is 3.11. The van der Waals surface area contributed by atoms with Gasteiger partial charge in [-0.25, -0.2) is 0 Å². The highest BCUT2D eigenvalue weighted by Gasteiger charge is 2.52. The number of anilines is 1. The molecule has 0 aliphatic heterocycles. The molecule has 2 N–H and O–H groups in total. The van der Waals surface area contributed by atoms with E-state index in [4.69, 9.17) is 5.73 Å². The molecule has 0 radical (unpaired) electrons. The van der Waals surface area contributed by atoms with Crippen LogP contribution in [0.4, 0.5) is 5.69 Å². The summed E-state index contributed by atoms with van der Waals surface area (Å²) in [6.45, 7) is 12.1. The van der Waals surface area contributed by atoms with E-state index in [2.05, 4.69) is 64.0 Å². The molecule has 4 rings (SSSR count). The van der Waals surface area contributed by atoms with Gasteiger partial charge >= 0.3 is 0 Å². The lowest BCUT2D eigenvalue weighted by molar-refractivity contribution is 0.0813. The summed E-state index contributed by atoms with van der Waals surface area (Å²) in [5.41, 5.74) is 12.4. The first kappa shape index (κ1) is 27.0. The zero-order chi connectivity index (χ0) is 23.7. The van der Waals surface area contributed by atoms with Crippen LogP contribution in [0.5, 0.6) is 0 Å². The summed E-state index contributed by atoms with van der Waals surface area (Å²) in [6.07, 6.45) is 16.0. The molecule has 0 amide bonds. The molecule has 4 unspecified atom stereocenters. The summed E-state index contributed by atoms with van der Waals surface area (Å²) in [5.74, 6) is 2.57. The Labute approximate surface area is 200 Å². The second-order valence-electron chi connectivity index (χ2n) is 10.6. The molecule has 3 aliphatic rings. The van der Waals surface area contributed by atoms with Crippen LogP contribution in [0.1, 0.15) is 109 Å². The van der Waals surface area contributed by atoms with E-state index in [1.165, 1.54) is 76.3 Å². The molecule has 0 bridgehead atoms. The van der Waals surface area contributed by atoms with E-state index >= 15 is 0 Å². The third-order valence-corrected chi connectivity index (χ3v) is 8.05. The topological polar surface area (TPSA) is 29.3 Å². The summed E-state index contributed by atoms with van der Waals surface area (Å²) in [5, 5.41) is 0. The molecule has 0 spiro atoms. The zero-order valence-corrected chi connectivity index (χ0v) is 22.3. The van der Waals surface area contributed by atoms with Crippen molar-refractivity contribution in [1.82, 2.24) is 4.90 Å². The molecule has 32 heavy (non-hydrogen) atoms. The van der Waals surface area contributed by atoms with Crippen LogP contribution in [0, 0.1) is 17.3 Å². The fraction of sp³-hybridized carbons (Fsp3) is 0.733. The number of hydrogen-bond donors (Lipinski definition) is 1. The smallest absolute Gasteiger partial charge is 0.0316 e. The highest BCUT2D eigenvalue weighted by atomic mass is 15.0. The number of benzene rings is 1. The number of nitrogens with two attached hydrogens (primary N) is 1. The molecule has 1 aromatic rings. The SMILES string of the molecule is CC.CCC.CN(C)CCCC/C=C1\CCC2C3CCc4cc(N)ccc4C3CCC12C. The molecular weight excluding hydrogens is 388 g/mol. The molecule has 2 nitrogen and oxygen atoms in total. The van der Waals surface area contributed by atoms with Gasteiger partial charge in [-0.2, -0.15) is 0 Å². The minimum Gasteiger partial charge on any atom is -0.399 e. The fourth-order valence-electron chi connectivity index (χ4n) is 6.63. The van der Waals surface area contributed by atoms with Gasteiger partial charge in [0, 0.05) is 5.69 Å². The number of aryl methyl sites for hydroxylation is 1. The molecular formula is C30H52N2. The second kappa shape index (κ2) is 12.8. The van der Waals surface area contributed by atoms with Gasteiger partial charge in [-0.1, -0.05) is 58.8 Å². The summed E-state index contributed by atoms with van der Waals surface area (Å²) in [4.78, 5) is 2.30. The van der Waals surface area contributed by atoms with Crippen LogP contribution in [0.25, 0.3) is 0 Å².